The molecule has 1 aliphatic rings. The summed E-state index contributed by atoms with van der Waals surface area (Å²) in [5.41, 5.74) is 1.55. The second-order valence-electron chi connectivity index (χ2n) is 5.38. The van der Waals surface area contributed by atoms with Crippen LogP contribution in [-0.2, 0) is 4.79 Å². The van der Waals surface area contributed by atoms with Gasteiger partial charge in [-0.2, -0.15) is 0 Å². The minimum absolute atomic E-state index is 0.0382. The molecule has 6 nitrogen and oxygen atoms in total. The average Bonchev–Trinajstić information content (AvgIpc) is 3.12. The number of thioether (sulfide) groups is 1. The van der Waals surface area contributed by atoms with Crippen molar-refractivity contribution in [2.45, 2.75) is 13.8 Å². The molecule has 2 aromatic rings. The van der Waals surface area contributed by atoms with Gasteiger partial charge in [0.15, 0.2) is 0 Å². The van der Waals surface area contributed by atoms with Crippen LogP contribution in [0.25, 0.3) is 17.4 Å². The molecule has 1 amide bonds. The maximum Gasteiger partial charge on any atom is 0.269 e. The largest absolute Gasteiger partial charge is 0.457 e. The zero-order valence-corrected chi connectivity index (χ0v) is 15.1. The predicted octanol–water partition coefficient (Wildman–Crippen LogP) is 4.38. The van der Waals surface area contributed by atoms with Gasteiger partial charge in [-0.25, -0.2) is 0 Å². The zero-order chi connectivity index (χ0) is 18.1. The number of furan rings is 1. The average molecular weight is 374 g/mol. The van der Waals surface area contributed by atoms with Gasteiger partial charge in [0.05, 0.1) is 9.83 Å². The van der Waals surface area contributed by atoms with Gasteiger partial charge < -0.3 is 4.42 Å². The molecule has 1 aromatic heterocycles. The van der Waals surface area contributed by atoms with Crippen molar-refractivity contribution in [3.05, 3.63) is 56.7 Å². The summed E-state index contributed by atoms with van der Waals surface area (Å²) in [5, 5.41) is 10.8. The molecule has 1 saturated heterocycles. The number of nitro groups is 1. The Morgan fingerprint density at radius 3 is 2.72 bits per heavy atom. The maximum atomic E-state index is 12.2. The van der Waals surface area contributed by atoms with Gasteiger partial charge in [0.1, 0.15) is 15.8 Å². The topological polar surface area (TPSA) is 76.6 Å². The molecule has 0 aliphatic carbocycles. The van der Waals surface area contributed by atoms with E-state index in [2.05, 4.69) is 0 Å². The SMILES string of the molecule is CCN1C(=O)C(=Cc2ccc(-c3ccc([N+](=O)[O-])cc3C)o2)SC1=S. The Kier molecular flexibility index (Phi) is 4.73. The molecule has 25 heavy (non-hydrogen) atoms. The number of hydrogen-bond acceptors (Lipinski definition) is 6. The van der Waals surface area contributed by atoms with Crippen molar-refractivity contribution >= 4 is 46.0 Å². The lowest BCUT2D eigenvalue weighted by atomic mass is 10.1. The number of nitro benzene ring substituents is 1. The summed E-state index contributed by atoms with van der Waals surface area (Å²) in [7, 11) is 0. The van der Waals surface area contributed by atoms with Crippen LogP contribution >= 0.6 is 24.0 Å². The molecule has 0 N–H and O–H groups in total. The molecule has 128 valence electrons. The molecule has 0 spiro atoms. The van der Waals surface area contributed by atoms with Crippen molar-refractivity contribution in [3.8, 4) is 11.3 Å². The highest BCUT2D eigenvalue weighted by Gasteiger charge is 2.30. The Labute approximate surface area is 153 Å². The first-order valence-corrected chi connectivity index (χ1v) is 8.73. The Morgan fingerprint density at radius 1 is 1.36 bits per heavy atom. The third-order valence-corrected chi connectivity index (χ3v) is 5.15. The third-order valence-electron chi connectivity index (χ3n) is 3.78. The lowest BCUT2D eigenvalue weighted by Crippen LogP contribution is -2.27. The smallest absolute Gasteiger partial charge is 0.269 e. The van der Waals surface area contributed by atoms with E-state index in [1.165, 1.54) is 28.8 Å². The molecule has 3 rings (SSSR count). The number of aryl methyl sites for hydroxylation is 1. The number of benzene rings is 1. The Hall–Kier alpha value is -2.45. The van der Waals surface area contributed by atoms with E-state index in [1.807, 2.05) is 6.92 Å². The van der Waals surface area contributed by atoms with Gasteiger partial charge in [-0.15, -0.1) is 0 Å². The molecule has 0 radical (unpaired) electrons. The number of likely N-dealkylation sites (N-methyl/N-ethyl adjacent to an activating group) is 1. The Balaban J connectivity index is 1.89. The van der Waals surface area contributed by atoms with E-state index >= 15 is 0 Å². The summed E-state index contributed by atoms with van der Waals surface area (Å²) < 4.78 is 6.33. The van der Waals surface area contributed by atoms with Crippen LogP contribution < -0.4 is 0 Å². The fourth-order valence-corrected chi connectivity index (χ4v) is 3.88. The Bertz CT molecular complexity index is 917. The molecule has 0 unspecified atom stereocenters. The lowest BCUT2D eigenvalue weighted by molar-refractivity contribution is -0.384. The summed E-state index contributed by atoms with van der Waals surface area (Å²) in [5.74, 6) is 0.996. The number of rotatable bonds is 4. The molecule has 0 saturated carbocycles. The molecular weight excluding hydrogens is 360 g/mol. The first-order chi connectivity index (χ1) is 11.9. The van der Waals surface area contributed by atoms with Gasteiger partial charge >= 0.3 is 0 Å². The van der Waals surface area contributed by atoms with E-state index in [1.54, 1.807) is 31.2 Å². The van der Waals surface area contributed by atoms with Crippen molar-refractivity contribution < 1.29 is 14.1 Å². The molecule has 0 atom stereocenters. The van der Waals surface area contributed by atoms with Crippen molar-refractivity contribution in [3.63, 3.8) is 0 Å². The van der Waals surface area contributed by atoms with Gasteiger partial charge in [-0.1, -0.05) is 24.0 Å². The predicted molar refractivity (Wildman–Crippen MR) is 101 cm³/mol. The third kappa shape index (κ3) is 3.35. The number of thiocarbonyl (C=S) groups is 1. The molecule has 2 heterocycles. The Morgan fingerprint density at radius 2 is 2.12 bits per heavy atom. The van der Waals surface area contributed by atoms with Crippen LogP contribution in [0.15, 0.2) is 39.7 Å². The van der Waals surface area contributed by atoms with Crippen LogP contribution in [0.2, 0.25) is 0 Å². The van der Waals surface area contributed by atoms with Gasteiger partial charge in [-0.05, 0) is 37.6 Å². The molecule has 1 aliphatic heterocycles. The second kappa shape index (κ2) is 6.81. The molecule has 8 heteroatoms. The van der Waals surface area contributed by atoms with Crippen molar-refractivity contribution in [2.24, 2.45) is 0 Å². The van der Waals surface area contributed by atoms with Crippen molar-refractivity contribution in [1.82, 2.24) is 4.90 Å². The fourth-order valence-electron chi connectivity index (χ4n) is 2.51. The number of nitrogens with zero attached hydrogens (tertiary/aromatic N) is 2. The number of carbonyl (C=O) groups is 1. The van der Waals surface area contributed by atoms with Crippen LogP contribution in [0.1, 0.15) is 18.2 Å². The van der Waals surface area contributed by atoms with Gasteiger partial charge in [-0.3, -0.25) is 19.8 Å². The molecule has 1 fully saturated rings. The fraction of sp³-hybridized carbons (Fsp3) is 0.176. The summed E-state index contributed by atoms with van der Waals surface area (Å²) in [6.45, 7) is 4.19. The number of hydrogen-bond donors (Lipinski definition) is 0. The van der Waals surface area contributed by atoms with Crippen LogP contribution in [0.4, 0.5) is 5.69 Å². The minimum atomic E-state index is -0.430. The first-order valence-electron chi connectivity index (χ1n) is 7.51. The highest BCUT2D eigenvalue weighted by molar-refractivity contribution is 8.26. The van der Waals surface area contributed by atoms with E-state index in [4.69, 9.17) is 16.6 Å². The van der Waals surface area contributed by atoms with E-state index in [-0.39, 0.29) is 11.6 Å². The van der Waals surface area contributed by atoms with Crippen LogP contribution in [0.5, 0.6) is 0 Å². The highest BCUT2D eigenvalue weighted by Crippen LogP contribution is 2.34. The summed E-state index contributed by atoms with van der Waals surface area (Å²) in [4.78, 5) is 24.7. The van der Waals surface area contributed by atoms with Crippen molar-refractivity contribution in [1.29, 1.82) is 0 Å². The zero-order valence-electron chi connectivity index (χ0n) is 13.5. The number of non-ortho nitro benzene ring substituents is 1. The van der Waals surface area contributed by atoms with E-state index in [9.17, 15) is 14.9 Å². The quantitative estimate of drug-likeness (QED) is 0.342. The second-order valence-corrected chi connectivity index (χ2v) is 7.06. The number of carbonyl (C=O) groups excluding carboxylic acids is 1. The van der Waals surface area contributed by atoms with E-state index in [0.717, 1.165) is 11.1 Å². The van der Waals surface area contributed by atoms with Gasteiger partial charge in [0, 0.05) is 30.3 Å². The highest BCUT2D eigenvalue weighted by atomic mass is 32.2. The lowest BCUT2D eigenvalue weighted by Gasteiger charge is -2.09. The van der Waals surface area contributed by atoms with Crippen LogP contribution in [-0.4, -0.2) is 26.6 Å². The molecule has 0 bridgehead atoms. The van der Waals surface area contributed by atoms with Crippen molar-refractivity contribution in [2.75, 3.05) is 6.54 Å². The van der Waals surface area contributed by atoms with Gasteiger partial charge in [0.25, 0.3) is 11.6 Å². The summed E-state index contributed by atoms with van der Waals surface area (Å²) in [6, 6.07) is 8.14. The van der Waals surface area contributed by atoms with E-state index in [0.29, 0.717) is 27.3 Å². The first kappa shape index (κ1) is 17.4. The van der Waals surface area contributed by atoms with Crippen LogP contribution in [0, 0.1) is 17.0 Å². The monoisotopic (exact) mass is 374 g/mol. The van der Waals surface area contributed by atoms with Crippen LogP contribution in [0.3, 0.4) is 0 Å². The van der Waals surface area contributed by atoms with E-state index < -0.39 is 4.92 Å². The summed E-state index contributed by atoms with van der Waals surface area (Å²) in [6.07, 6.45) is 1.67. The normalized spacial score (nSPS) is 16.1. The van der Waals surface area contributed by atoms with Gasteiger partial charge in [0.2, 0.25) is 0 Å². The standard InChI is InChI=1S/C17H14N2O4S2/c1-3-18-16(20)15(25-17(18)24)9-12-5-7-14(23-12)13-6-4-11(19(21)22)8-10(13)2/h4-9H,3H2,1-2H3. The molecule has 1 aromatic carbocycles. The molecular formula is C17H14N2O4S2. The minimum Gasteiger partial charge on any atom is -0.457 e. The summed E-state index contributed by atoms with van der Waals surface area (Å²) >= 11 is 6.43. The number of amides is 1. The maximum absolute atomic E-state index is 12.2.